The van der Waals surface area contributed by atoms with E-state index in [1.807, 2.05) is 48.5 Å². The number of hydrogen-bond donors (Lipinski definition) is 3. The molecule has 1 atom stereocenters. The van der Waals surface area contributed by atoms with E-state index in [-0.39, 0.29) is 12.3 Å². The highest BCUT2D eigenvalue weighted by atomic mass is 79.9. The lowest BCUT2D eigenvalue weighted by Gasteiger charge is -2.22. The Kier molecular flexibility index (Phi) is 6.05. The molecular weight excluding hydrogens is 476 g/mol. The minimum absolute atomic E-state index is 0.188. The highest BCUT2D eigenvalue weighted by Crippen LogP contribution is 2.41. The van der Waals surface area contributed by atoms with Gasteiger partial charge in [0.2, 0.25) is 5.91 Å². The van der Waals surface area contributed by atoms with Crippen LogP contribution < -0.4 is 4.74 Å². The average molecular weight is 497 g/mol. The molecule has 0 radical (unpaired) electrons. The first kappa shape index (κ1) is 21.7. The number of hydrazone groups is 1. The monoisotopic (exact) mass is 496 g/mol. The predicted octanol–water partition coefficient (Wildman–Crippen LogP) is 5.45. The Labute approximate surface area is 193 Å². The summed E-state index contributed by atoms with van der Waals surface area (Å²) in [5.74, 6) is -0.319. The fourth-order valence-electron chi connectivity index (χ4n) is 3.54. The van der Waals surface area contributed by atoms with Crippen molar-refractivity contribution in [1.29, 1.82) is 0 Å². The molecule has 32 heavy (non-hydrogen) atoms. The molecule has 0 saturated heterocycles. The van der Waals surface area contributed by atoms with Gasteiger partial charge >= 0.3 is 0 Å². The first-order chi connectivity index (χ1) is 15.4. The minimum atomic E-state index is -0.595. The second kappa shape index (κ2) is 8.92. The van der Waals surface area contributed by atoms with Crippen molar-refractivity contribution in [3.05, 3.63) is 76.3 Å². The Balaban J connectivity index is 1.59. The zero-order valence-electron chi connectivity index (χ0n) is 17.2. The van der Waals surface area contributed by atoms with Gasteiger partial charge < -0.3 is 20.1 Å². The molecule has 3 N–H and O–H groups in total. The van der Waals surface area contributed by atoms with Gasteiger partial charge in [0.25, 0.3) is 0 Å². The minimum Gasteiger partial charge on any atom is -0.504 e. The smallest absolute Gasteiger partial charge is 0.242 e. The Morgan fingerprint density at radius 1 is 1.06 bits per heavy atom. The second-order valence-electron chi connectivity index (χ2n) is 7.35. The summed E-state index contributed by atoms with van der Waals surface area (Å²) in [5, 5.41) is 35.4. The van der Waals surface area contributed by atoms with Crippen molar-refractivity contribution in [3.63, 3.8) is 0 Å². The van der Waals surface area contributed by atoms with Gasteiger partial charge in [-0.05, 0) is 65.7 Å². The van der Waals surface area contributed by atoms with Crippen molar-refractivity contribution in [2.24, 2.45) is 5.10 Å². The number of benzene rings is 3. The van der Waals surface area contributed by atoms with Gasteiger partial charge in [-0.1, -0.05) is 28.9 Å². The number of halogens is 1. The van der Waals surface area contributed by atoms with Crippen LogP contribution in [0.1, 0.15) is 36.9 Å². The Bertz CT molecular complexity index is 1170. The van der Waals surface area contributed by atoms with E-state index in [0.29, 0.717) is 29.2 Å². The van der Waals surface area contributed by atoms with E-state index in [1.165, 1.54) is 17.1 Å². The van der Waals surface area contributed by atoms with Gasteiger partial charge in [-0.2, -0.15) is 5.10 Å². The Morgan fingerprint density at radius 3 is 2.38 bits per heavy atom. The average Bonchev–Trinajstić information content (AvgIpc) is 3.22. The normalized spacial score (nSPS) is 15.5. The van der Waals surface area contributed by atoms with E-state index in [2.05, 4.69) is 21.0 Å². The molecule has 164 valence electrons. The highest BCUT2D eigenvalue weighted by Gasteiger charge is 2.33. The number of carbonyl (C=O) groups is 1. The first-order valence-corrected chi connectivity index (χ1v) is 10.8. The molecule has 1 unspecified atom stereocenters. The lowest BCUT2D eigenvalue weighted by molar-refractivity contribution is -0.132. The van der Waals surface area contributed by atoms with Crippen molar-refractivity contribution in [1.82, 2.24) is 5.01 Å². The Morgan fingerprint density at radius 2 is 1.75 bits per heavy atom. The fourth-order valence-corrected chi connectivity index (χ4v) is 3.91. The van der Waals surface area contributed by atoms with Crippen molar-refractivity contribution >= 4 is 27.5 Å². The number of carbonyl (C=O) groups excluding carboxylic acids is 1. The van der Waals surface area contributed by atoms with Crippen molar-refractivity contribution < 1.29 is 24.9 Å². The predicted molar refractivity (Wildman–Crippen MR) is 123 cm³/mol. The van der Waals surface area contributed by atoms with Crippen LogP contribution in [0.4, 0.5) is 0 Å². The lowest BCUT2D eigenvalue weighted by Crippen LogP contribution is -2.26. The number of phenolic OH excluding ortho intramolecular Hbond substituents is 3. The van der Waals surface area contributed by atoms with Crippen LogP contribution in [0, 0.1) is 0 Å². The summed E-state index contributed by atoms with van der Waals surface area (Å²) in [6, 6.07) is 17.1. The van der Waals surface area contributed by atoms with Crippen LogP contribution in [-0.4, -0.2) is 31.9 Å². The molecule has 4 rings (SSSR count). The van der Waals surface area contributed by atoms with Gasteiger partial charge in [0.1, 0.15) is 11.5 Å². The van der Waals surface area contributed by atoms with Gasteiger partial charge in [-0.15, -0.1) is 0 Å². The molecule has 0 aliphatic carbocycles. The lowest BCUT2D eigenvalue weighted by atomic mass is 9.97. The van der Waals surface area contributed by atoms with E-state index in [9.17, 15) is 20.1 Å². The molecule has 0 fully saturated rings. The molecule has 1 aliphatic heterocycles. The van der Waals surface area contributed by atoms with E-state index in [0.717, 1.165) is 10.0 Å². The number of nitrogens with zero attached hydrogens (tertiary/aromatic N) is 2. The number of ether oxygens (including phenoxy) is 1. The molecule has 0 spiro atoms. The summed E-state index contributed by atoms with van der Waals surface area (Å²) < 4.78 is 6.79. The van der Waals surface area contributed by atoms with Gasteiger partial charge in [0, 0.05) is 17.3 Å². The zero-order valence-corrected chi connectivity index (χ0v) is 18.8. The van der Waals surface area contributed by atoms with Crippen LogP contribution in [0.25, 0.3) is 0 Å². The highest BCUT2D eigenvalue weighted by molar-refractivity contribution is 9.10. The second-order valence-corrected chi connectivity index (χ2v) is 8.27. The molecule has 0 saturated carbocycles. The number of aromatic hydroxyl groups is 3. The third-order valence-electron chi connectivity index (χ3n) is 5.16. The van der Waals surface area contributed by atoms with Crippen LogP contribution in [0.15, 0.2) is 70.2 Å². The molecular formula is C24H21BrN2O5. The van der Waals surface area contributed by atoms with Crippen LogP contribution in [0.3, 0.4) is 0 Å². The van der Waals surface area contributed by atoms with Crippen molar-refractivity contribution in [2.75, 3.05) is 0 Å². The third-order valence-corrected chi connectivity index (χ3v) is 5.66. The van der Waals surface area contributed by atoms with Crippen LogP contribution in [0.2, 0.25) is 0 Å². The number of phenols is 3. The van der Waals surface area contributed by atoms with Crippen molar-refractivity contribution in [2.45, 2.75) is 25.8 Å². The zero-order chi connectivity index (χ0) is 22.8. The van der Waals surface area contributed by atoms with Crippen LogP contribution in [0.5, 0.6) is 28.7 Å². The third kappa shape index (κ3) is 4.40. The quantitative estimate of drug-likeness (QED) is 0.407. The SMILES string of the molecule is CCC(=O)N1N=C(c2ccc(Oc3cccc(Br)c3)cc2)CC1c1cc(O)c(O)c(O)c1. The summed E-state index contributed by atoms with van der Waals surface area (Å²) in [7, 11) is 0. The number of hydrogen-bond acceptors (Lipinski definition) is 6. The van der Waals surface area contributed by atoms with Gasteiger partial charge in [0.05, 0.1) is 11.8 Å². The maximum absolute atomic E-state index is 12.5. The topological polar surface area (TPSA) is 103 Å². The number of rotatable bonds is 5. The summed E-state index contributed by atoms with van der Waals surface area (Å²) in [5.41, 5.74) is 2.00. The first-order valence-electron chi connectivity index (χ1n) is 10.0. The van der Waals surface area contributed by atoms with Gasteiger partial charge in [0.15, 0.2) is 17.2 Å². The standard InChI is InChI=1S/C24H21BrN2O5/c1-2-23(30)27-20(15-10-21(28)24(31)22(29)11-15)13-19(26-27)14-6-8-17(9-7-14)32-18-5-3-4-16(25)12-18/h3-12,20,28-29,31H,2,13H2,1H3. The summed E-state index contributed by atoms with van der Waals surface area (Å²) in [6.45, 7) is 1.74. The van der Waals surface area contributed by atoms with E-state index >= 15 is 0 Å². The summed E-state index contributed by atoms with van der Waals surface area (Å²) in [4.78, 5) is 12.5. The molecule has 1 heterocycles. The van der Waals surface area contributed by atoms with E-state index in [4.69, 9.17) is 4.74 Å². The largest absolute Gasteiger partial charge is 0.504 e. The molecule has 0 bridgehead atoms. The van der Waals surface area contributed by atoms with E-state index in [1.54, 1.807) is 6.92 Å². The molecule has 3 aromatic carbocycles. The van der Waals surface area contributed by atoms with Crippen LogP contribution >= 0.6 is 15.9 Å². The molecule has 7 nitrogen and oxygen atoms in total. The maximum Gasteiger partial charge on any atom is 0.242 e. The van der Waals surface area contributed by atoms with E-state index < -0.39 is 23.3 Å². The molecule has 1 aliphatic rings. The summed E-state index contributed by atoms with van der Waals surface area (Å²) >= 11 is 3.42. The molecule has 3 aromatic rings. The summed E-state index contributed by atoms with van der Waals surface area (Å²) in [6.07, 6.45) is 0.643. The molecule has 1 amide bonds. The maximum atomic E-state index is 12.5. The van der Waals surface area contributed by atoms with Crippen LogP contribution in [-0.2, 0) is 4.79 Å². The van der Waals surface area contributed by atoms with Gasteiger partial charge in [-0.3, -0.25) is 4.79 Å². The van der Waals surface area contributed by atoms with Crippen molar-refractivity contribution in [3.8, 4) is 28.7 Å². The molecule has 8 heteroatoms. The number of amides is 1. The Hall–Kier alpha value is -3.52. The fraction of sp³-hybridized carbons (Fsp3) is 0.167. The molecule has 0 aromatic heterocycles. The van der Waals surface area contributed by atoms with Gasteiger partial charge in [-0.25, -0.2) is 5.01 Å².